The van der Waals surface area contributed by atoms with E-state index in [9.17, 15) is 13.2 Å². The van der Waals surface area contributed by atoms with Crippen LogP contribution in [-0.2, 0) is 19.6 Å². The second kappa shape index (κ2) is 7.81. The number of carbonyl (C=O) groups is 1. The Balaban J connectivity index is 2.33. The van der Waals surface area contributed by atoms with Crippen LogP contribution in [0.2, 0.25) is 0 Å². The maximum atomic E-state index is 11.7. The van der Waals surface area contributed by atoms with E-state index in [0.29, 0.717) is 13.2 Å². The Bertz CT molecular complexity index is 383. The summed E-state index contributed by atoms with van der Waals surface area (Å²) in [6.07, 6.45) is 3.56. The van der Waals surface area contributed by atoms with Crippen LogP contribution < -0.4 is 10.0 Å². The minimum atomic E-state index is -3.16. The Morgan fingerprint density at radius 3 is 2.74 bits per heavy atom. The number of nitrogens with one attached hydrogen (secondary N) is 2. The van der Waals surface area contributed by atoms with Crippen molar-refractivity contribution < 1.29 is 17.9 Å². The Hall–Kier alpha value is -0.660. The molecule has 7 heteroatoms. The summed E-state index contributed by atoms with van der Waals surface area (Å²) >= 11 is 0. The van der Waals surface area contributed by atoms with E-state index in [1.807, 2.05) is 0 Å². The molecule has 0 heterocycles. The van der Waals surface area contributed by atoms with Crippen LogP contribution in [0.1, 0.15) is 32.6 Å². The molecule has 0 saturated heterocycles. The molecule has 1 aliphatic rings. The maximum Gasteiger partial charge on any atom is 0.308 e. The van der Waals surface area contributed by atoms with Crippen molar-refractivity contribution in [2.75, 3.05) is 26.0 Å². The lowest BCUT2D eigenvalue weighted by atomic mass is 9.86. The van der Waals surface area contributed by atoms with Crippen molar-refractivity contribution in [1.82, 2.24) is 10.0 Å². The predicted molar refractivity (Wildman–Crippen MR) is 73.2 cm³/mol. The second-order valence-electron chi connectivity index (χ2n) is 4.79. The molecule has 0 spiro atoms. The minimum absolute atomic E-state index is 0.0490. The zero-order valence-electron chi connectivity index (χ0n) is 11.6. The van der Waals surface area contributed by atoms with E-state index in [0.717, 1.165) is 25.7 Å². The highest BCUT2D eigenvalue weighted by atomic mass is 32.2. The first-order valence-electron chi connectivity index (χ1n) is 6.79. The quantitative estimate of drug-likeness (QED) is 0.657. The van der Waals surface area contributed by atoms with Gasteiger partial charge in [0.05, 0.1) is 18.3 Å². The molecule has 1 fully saturated rings. The molecule has 0 aromatic carbocycles. The van der Waals surface area contributed by atoms with E-state index in [2.05, 4.69) is 10.0 Å². The van der Waals surface area contributed by atoms with E-state index >= 15 is 0 Å². The van der Waals surface area contributed by atoms with Gasteiger partial charge in [0.2, 0.25) is 10.0 Å². The molecule has 2 N–H and O–H groups in total. The molecule has 6 nitrogen and oxygen atoms in total. The van der Waals surface area contributed by atoms with Gasteiger partial charge >= 0.3 is 5.97 Å². The van der Waals surface area contributed by atoms with Crippen molar-refractivity contribution in [3.8, 4) is 0 Å². The highest BCUT2D eigenvalue weighted by Crippen LogP contribution is 2.25. The summed E-state index contributed by atoms with van der Waals surface area (Å²) in [6.45, 7) is 2.62. The summed E-state index contributed by atoms with van der Waals surface area (Å²) in [5, 5.41) is 3.21. The second-order valence-corrected chi connectivity index (χ2v) is 6.84. The summed E-state index contributed by atoms with van der Waals surface area (Å²) in [5.41, 5.74) is 0. The van der Waals surface area contributed by atoms with Gasteiger partial charge in [0.1, 0.15) is 0 Å². The molecule has 0 aromatic heterocycles. The smallest absolute Gasteiger partial charge is 0.308 e. The van der Waals surface area contributed by atoms with Gasteiger partial charge in [0.15, 0.2) is 0 Å². The van der Waals surface area contributed by atoms with Crippen molar-refractivity contribution in [1.29, 1.82) is 0 Å². The Morgan fingerprint density at radius 1 is 1.37 bits per heavy atom. The topological polar surface area (TPSA) is 84.5 Å². The Labute approximate surface area is 115 Å². The van der Waals surface area contributed by atoms with Crippen molar-refractivity contribution in [2.24, 2.45) is 5.92 Å². The number of rotatable bonds is 7. The average Bonchev–Trinajstić information content (AvgIpc) is 2.39. The Morgan fingerprint density at radius 2 is 2.11 bits per heavy atom. The summed E-state index contributed by atoms with van der Waals surface area (Å²) in [5.74, 6) is -0.117. The van der Waals surface area contributed by atoms with Crippen molar-refractivity contribution in [2.45, 2.75) is 38.6 Å². The van der Waals surface area contributed by atoms with E-state index < -0.39 is 10.0 Å². The molecule has 1 saturated carbocycles. The summed E-state index contributed by atoms with van der Waals surface area (Å²) in [4.78, 5) is 11.7. The first-order chi connectivity index (χ1) is 8.98. The molecule has 2 unspecified atom stereocenters. The monoisotopic (exact) mass is 292 g/mol. The van der Waals surface area contributed by atoms with Crippen molar-refractivity contribution in [3.63, 3.8) is 0 Å². The fourth-order valence-electron chi connectivity index (χ4n) is 2.35. The molecule has 2 atom stereocenters. The minimum Gasteiger partial charge on any atom is -0.466 e. The third-order valence-corrected chi connectivity index (χ3v) is 4.77. The van der Waals surface area contributed by atoms with E-state index in [4.69, 9.17) is 4.74 Å². The number of esters is 1. The maximum absolute atomic E-state index is 11.7. The molecule has 1 aliphatic carbocycles. The van der Waals surface area contributed by atoms with Crippen molar-refractivity contribution >= 4 is 16.0 Å². The van der Waals surface area contributed by atoms with Gasteiger partial charge < -0.3 is 10.1 Å². The lowest BCUT2D eigenvalue weighted by molar-refractivity contribution is -0.149. The molecule has 0 aromatic rings. The number of hydrogen-bond acceptors (Lipinski definition) is 5. The van der Waals surface area contributed by atoms with Crippen LogP contribution in [-0.4, -0.2) is 46.4 Å². The van der Waals surface area contributed by atoms with Crippen LogP contribution in [0.15, 0.2) is 0 Å². The van der Waals surface area contributed by atoms with Crippen molar-refractivity contribution in [3.05, 3.63) is 0 Å². The summed E-state index contributed by atoms with van der Waals surface area (Å²) < 4.78 is 29.9. The lowest BCUT2D eigenvalue weighted by Gasteiger charge is -2.28. The standard InChI is InChI=1S/C12H24N2O4S/c1-3-18-12(15)10-5-4-6-11(9-10)14-7-8-19(16,17)13-2/h10-11,13-14H,3-9H2,1-2H3. The zero-order chi connectivity index (χ0) is 14.3. The molecule has 1 rings (SSSR count). The largest absolute Gasteiger partial charge is 0.466 e. The number of sulfonamides is 1. The van der Waals surface area contributed by atoms with Crippen LogP contribution in [0.4, 0.5) is 0 Å². The van der Waals surface area contributed by atoms with Crippen LogP contribution in [0.3, 0.4) is 0 Å². The van der Waals surface area contributed by atoms with Gasteiger partial charge in [-0.1, -0.05) is 6.42 Å². The van der Waals surface area contributed by atoms with Gasteiger partial charge in [0.25, 0.3) is 0 Å². The molecule has 0 bridgehead atoms. The highest BCUT2D eigenvalue weighted by Gasteiger charge is 2.28. The molecule has 0 aliphatic heterocycles. The molecular weight excluding hydrogens is 268 g/mol. The van der Waals surface area contributed by atoms with Gasteiger partial charge in [-0.15, -0.1) is 0 Å². The van der Waals surface area contributed by atoms with Crippen LogP contribution in [0.5, 0.6) is 0 Å². The number of hydrogen-bond donors (Lipinski definition) is 2. The average molecular weight is 292 g/mol. The fourth-order valence-corrected chi connectivity index (χ4v) is 2.94. The van der Waals surface area contributed by atoms with Gasteiger partial charge in [-0.2, -0.15) is 0 Å². The van der Waals surface area contributed by atoms with Crippen LogP contribution in [0, 0.1) is 5.92 Å². The van der Waals surface area contributed by atoms with E-state index in [1.165, 1.54) is 7.05 Å². The third-order valence-electron chi connectivity index (χ3n) is 3.41. The van der Waals surface area contributed by atoms with Gasteiger partial charge in [0, 0.05) is 12.6 Å². The lowest BCUT2D eigenvalue weighted by Crippen LogP contribution is -2.40. The SMILES string of the molecule is CCOC(=O)C1CCCC(NCCS(=O)(=O)NC)C1. The first-order valence-corrected chi connectivity index (χ1v) is 8.45. The number of carbonyl (C=O) groups excluding carboxylic acids is 1. The van der Waals surface area contributed by atoms with E-state index in [-0.39, 0.29) is 23.7 Å². The molecule has 112 valence electrons. The molecular formula is C12H24N2O4S. The predicted octanol–water partition coefficient (Wildman–Crippen LogP) is 0.247. The summed E-state index contributed by atoms with van der Waals surface area (Å²) in [7, 11) is -1.75. The Kier molecular flexibility index (Phi) is 6.74. The summed E-state index contributed by atoms with van der Waals surface area (Å²) in [6, 6.07) is 0.204. The molecule has 0 radical (unpaired) electrons. The highest BCUT2D eigenvalue weighted by molar-refractivity contribution is 7.89. The van der Waals surface area contributed by atoms with Crippen LogP contribution in [0.25, 0.3) is 0 Å². The zero-order valence-corrected chi connectivity index (χ0v) is 12.5. The number of ether oxygens (including phenoxy) is 1. The van der Waals surface area contributed by atoms with Gasteiger partial charge in [-0.05, 0) is 33.2 Å². The van der Waals surface area contributed by atoms with Crippen LogP contribution >= 0.6 is 0 Å². The molecule has 0 amide bonds. The van der Waals surface area contributed by atoms with Gasteiger partial charge in [-0.25, -0.2) is 13.1 Å². The fraction of sp³-hybridized carbons (Fsp3) is 0.917. The third kappa shape index (κ3) is 5.88. The van der Waals surface area contributed by atoms with Gasteiger partial charge in [-0.3, -0.25) is 4.79 Å². The molecule has 19 heavy (non-hydrogen) atoms. The normalized spacial score (nSPS) is 24.1. The first kappa shape index (κ1) is 16.4. The van der Waals surface area contributed by atoms with E-state index in [1.54, 1.807) is 6.92 Å².